The second kappa shape index (κ2) is 9.59. The minimum atomic E-state index is -0.617. The molecule has 1 aliphatic carbocycles. The van der Waals surface area contributed by atoms with Gasteiger partial charge in [0.2, 0.25) is 0 Å². The third kappa shape index (κ3) is 4.23. The topological polar surface area (TPSA) is 65.1 Å². The first-order valence-electron chi connectivity index (χ1n) is 11.6. The molecular weight excluding hydrogens is 430 g/mol. The Morgan fingerprint density at radius 1 is 0.882 bits per heavy atom. The van der Waals surface area contributed by atoms with E-state index >= 15 is 0 Å². The van der Waals surface area contributed by atoms with E-state index in [1.165, 1.54) is 16.0 Å². The van der Waals surface area contributed by atoms with Gasteiger partial charge in [0.25, 0.3) is 0 Å². The Morgan fingerprint density at radius 2 is 1.53 bits per heavy atom. The fourth-order valence-corrected chi connectivity index (χ4v) is 4.88. The van der Waals surface area contributed by atoms with Crippen LogP contribution in [-0.4, -0.2) is 43.3 Å². The molecule has 0 spiro atoms. The molecule has 1 aliphatic heterocycles. The average Bonchev–Trinajstić information content (AvgIpc) is 3.50. The van der Waals surface area contributed by atoms with Crippen LogP contribution in [0.3, 0.4) is 0 Å². The smallest absolute Gasteiger partial charge is 0.410 e. The van der Waals surface area contributed by atoms with Gasteiger partial charge in [-0.05, 0) is 52.8 Å². The lowest BCUT2D eigenvalue weighted by Crippen LogP contribution is -2.42. The maximum absolute atomic E-state index is 13.0. The molecule has 0 unspecified atom stereocenters. The number of fused-ring (bicyclic) bond motifs is 3. The van der Waals surface area contributed by atoms with Gasteiger partial charge in [-0.3, -0.25) is 4.90 Å². The van der Waals surface area contributed by atoms with E-state index in [0.29, 0.717) is 13.0 Å². The van der Waals surface area contributed by atoms with Gasteiger partial charge in [-0.1, -0.05) is 60.7 Å². The third-order valence-corrected chi connectivity index (χ3v) is 6.64. The fraction of sp³-hybridized carbons (Fsp3) is 0.286. The molecule has 3 aromatic rings. The maximum Gasteiger partial charge on any atom is 0.410 e. The number of hydrogen-bond acceptors (Lipinski definition) is 5. The third-order valence-electron chi connectivity index (χ3n) is 6.64. The normalized spacial score (nSPS) is 16.6. The first-order chi connectivity index (χ1) is 16.7. The van der Waals surface area contributed by atoms with E-state index in [1.807, 2.05) is 48.5 Å². The molecule has 174 valence electrons. The monoisotopic (exact) mass is 457 g/mol. The van der Waals surface area contributed by atoms with Crippen LogP contribution in [0.2, 0.25) is 0 Å². The van der Waals surface area contributed by atoms with E-state index < -0.39 is 18.1 Å². The fourth-order valence-electron chi connectivity index (χ4n) is 4.88. The average molecular weight is 458 g/mol. The van der Waals surface area contributed by atoms with Gasteiger partial charge in [0.1, 0.15) is 25.0 Å². The molecule has 0 aromatic heterocycles. The number of amides is 1. The molecular formula is C28H27NO5. The van der Waals surface area contributed by atoms with E-state index in [2.05, 4.69) is 24.3 Å². The molecule has 3 aromatic carbocycles. The summed E-state index contributed by atoms with van der Waals surface area (Å²) in [7, 11) is 1.60. The lowest BCUT2D eigenvalue weighted by Gasteiger charge is -2.24. The summed E-state index contributed by atoms with van der Waals surface area (Å²) in [5, 5.41) is 0. The van der Waals surface area contributed by atoms with Crippen LogP contribution < -0.4 is 4.74 Å². The second-order valence-electron chi connectivity index (χ2n) is 8.61. The Labute approximate surface area is 199 Å². The number of hydrogen-bond donors (Lipinski definition) is 0. The summed E-state index contributed by atoms with van der Waals surface area (Å²) in [5.41, 5.74) is 5.54. The van der Waals surface area contributed by atoms with Crippen LogP contribution in [0.25, 0.3) is 11.1 Å². The van der Waals surface area contributed by atoms with Crippen LogP contribution in [0.1, 0.15) is 35.4 Å². The van der Waals surface area contributed by atoms with Crippen molar-refractivity contribution in [2.45, 2.75) is 31.4 Å². The number of likely N-dealkylation sites (tertiary alicyclic amines) is 1. The minimum Gasteiger partial charge on any atom is -0.497 e. The van der Waals surface area contributed by atoms with Crippen LogP contribution >= 0.6 is 0 Å². The molecule has 1 heterocycles. The van der Waals surface area contributed by atoms with Gasteiger partial charge in [0, 0.05) is 12.5 Å². The van der Waals surface area contributed by atoms with Crippen molar-refractivity contribution in [1.82, 2.24) is 4.90 Å². The highest BCUT2D eigenvalue weighted by atomic mass is 16.6. The number of carbonyl (C=O) groups is 2. The van der Waals surface area contributed by atoms with Gasteiger partial charge in [-0.2, -0.15) is 0 Å². The SMILES string of the molecule is COc1ccc(COC(=O)[C@@H]2CCCN2C(=O)OCC2c3ccccc3-c3ccccc32)cc1. The van der Waals surface area contributed by atoms with Crippen LogP contribution in [0.4, 0.5) is 4.79 Å². The van der Waals surface area contributed by atoms with E-state index in [4.69, 9.17) is 14.2 Å². The summed E-state index contributed by atoms with van der Waals surface area (Å²) in [5.74, 6) is 0.327. The summed E-state index contributed by atoms with van der Waals surface area (Å²) in [6.07, 6.45) is 0.851. The van der Waals surface area contributed by atoms with Crippen molar-refractivity contribution in [3.8, 4) is 16.9 Å². The van der Waals surface area contributed by atoms with Gasteiger partial charge in [-0.25, -0.2) is 9.59 Å². The van der Waals surface area contributed by atoms with Crippen molar-refractivity contribution < 1.29 is 23.8 Å². The van der Waals surface area contributed by atoms with E-state index in [9.17, 15) is 9.59 Å². The maximum atomic E-state index is 13.0. The van der Waals surface area contributed by atoms with Crippen molar-refractivity contribution >= 4 is 12.1 Å². The second-order valence-corrected chi connectivity index (χ2v) is 8.61. The Hall–Kier alpha value is -3.80. The summed E-state index contributed by atoms with van der Waals surface area (Å²) < 4.78 is 16.4. The number of carbonyl (C=O) groups excluding carboxylic acids is 2. The van der Waals surface area contributed by atoms with Crippen LogP contribution in [-0.2, 0) is 20.9 Å². The molecule has 1 atom stereocenters. The van der Waals surface area contributed by atoms with Crippen LogP contribution in [0.15, 0.2) is 72.8 Å². The van der Waals surface area contributed by atoms with Crippen molar-refractivity contribution in [2.75, 3.05) is 20.3 Å². The lowest BCUT2D eigenvalue weighted by molar-refractivity contribution is -0.149. The molecule has 0 radical (unpaired) electrons. The molecule has 1 saturated heterocycles. The number of methoxy groups -OCH3 is 1. The Morgan fingerprint density at radius 3 is 2.18 bits per heavy atom. The molecule has 1 fully saturated rings. The van der Waals surface area contributed by atoms with E-state index in [0.717, 1.165) is 28.9 Å². The molecule has 0 saturated carbocycles. The molecule has 6 heteroatoms. The molecule has 34 heavy (non-hydrogen) atoms. The molecule has 6 nitrogen and oxygen atoms in total. The van der Waals surface area contributed by atoms with Gasteiger partial charge in [-0.15, -0.1) is 0 Å². The number of benzene rings is 3. The first-order valence-corrected chi connectivity index (χ1v) is 11.6. The predicted molar refractivity (Wildman–Crippen MR) is 128 cm³/mol. The summed E-state index contributed by atoms with van der Waals surface area (Å²) in [6, 6.07) is 23.2. The molecule has 5 rings (SSSR count). The van der Waals surface area contributed by atoms with Crippen molar-refractivity contribution in [1.29, 1.82) is 0 Å². The number of ether oxygens (including phenoxy) is 3. The predicted octanol–water partition coefficient (Wildman–Crippen LogP) is 5.15. The number of nitrogens with zero attached hydrogens (tertiary/aromatic N) is 1. The van der Waals surface area contributed by atoms with Gasteiger partial charge >= 0.3 is 12.1 Å². The lowest BCUT2D eigenvalue weighted by atomic mass is 9.98. The zero-order valence-corrected chi connectivity index (χ0v) is 19.1. The summed E-state index contributed by atoms with van der Waals surface area (Å²) in [4.78, 5) is 27.2. The van der Waals surface area contributed by atoms with Gasteiger partial charge in [0.05, 0.1) is 7.11 Å². The largest absolute Gasteiger partial charge is 0.497 e. The van der Waals surface area contributed by atoms with Crippen molar-refractivity contribution in [2.24, 2.45) is 0 Å². The van der Waals surface area contributed by atoms with Gasteiger partial charge in [0.15, 0.2) is 0 Å². The van der Waals surface area contributed by atoms with Crippen LogP contribution in [0.5, 0.6) is 5.75 Å². The Bertz CT molecular complexity index is 1140. The van der Waals surface area contributed by atoms with Gasteiger partial charge < -0.3 is 14.2 Å². The minimum absolute atomic E-state index is 0.0144. The van der Waals surface area contributed by atoms with Crippen molar-refractivity contribution in [3.63, 3.8) is 0 Å². The zero-order valence-electron chi connectivity index (χ0n) is 19.1. The van der Waals surface area contributed by atoms with E-state index in [1.54, 1.807) is 7.11 Å². The van der Waals surface area contributed by atoms with E-state index in [-0.39, 0.29) is 19.1 Å². The summed E-state index contributed by atoms with van der Waals surface area (Å²) >= 11 is 0. The Kier molecular flexibility index (Phi) is 6.21. The molecule has 0 bridgehead atoms. The zero-order chi connectivity index (χ0) is 23.5. The highest BCUT2D eigenvalue weighted by Crippen LogP contribution is 2.44. The number of esters is 1. The number of rotatable bonds is 6. The molecule has 1 amide bonds. The van der Waals surface area contributed by atoms with Crippen LogP contribution in [0, 0.1) is 0 Å². The highest BCUT2D eigenvalue weighted by Gasteiger charge is 2.37. The Balaban J connectivity index is 1.21. The highest BCUT2D eigenvalue weighted by molar-refractivity contribution is 5.82. The standard InChI is InChI=1S/C28H27NO5/c1-32-20-14-12-19(13-15-20)17-33-27(30)26-11-6-16-29(26)28(31)34-18-25-23-9-4-2-7-21(23)22-8-3-5-10-24(22)25/h2-5,7-10,12-15,25-26H,6,11,16-18H2,1H3/t26-/m0/s1. The quantitative estimate of drug-likeness (QED) is 0.479. The molecule has 0 N–H and O–H groups in total. The molecule has 2 aliphatic rings. The summed E-state index contributed by atoms with van der Waals surface area (Å²) in [6.45, 7) is 0.869. The van der Waals surface area contributed by atoms with Crippen molar-refractivity contribution in [3.05, 3.63) is 89.5 Å². The first kappa shape index (κ1) is 22.0.